The van der Waals surface area contributed by atoms with Crippen molar-refractivity contribution in [3.63, 3.8) is 0 Å². The summed E-state index contributed by atoms with van der Waals surface area (Å²) in [5, 5.41) is 3.79. The predicted octanol–water partition coefficient (Wildman–Crippen LogP) is 3.88. The number of carbonyl (C=O) groups is 2. The van der Waals surface area contributed by atoms with Gasteiger partial charge >= 0.3 is 0 Å². The van der Waals surface area contributed by atoms with Crippen molar-refractivity contribution < 1.29 is 14.0 Å². The number of anilines is 1. The summed E-state index contributed by atoms with van der Waals surface area (Å²) in [6, 6.07) is 13.2. The van der Waals surface area contributed by atoms with Crippen molar-refractivity contribution in [1.29, 1.82) is 0 Å². The number of nitrogens with one attached hydrogen (secondary N) is 1. The van der Waals surface area contributed by atoms with Crippen LogP contribution in [0.15, 0.2) is 54.7 Å². The Morgan fingerprint density at radius 1 is 1.21 bits per heavy atom. The third-order valence-corrected chi connectivity index (χ3v) is 6.16. The Labute approximate surface area is 172 Å². The minimum Gasteiger partial charge on any atom is -0.347 e. The van der Waals surface area contributed by atoms with Crippen molar-refractivity contribution >= 4 is 40.2 Å². The highest BCUT2D eigenvalue weighted by Gasteiger charge is 2.34. The summed E-state index contributed by atoms with van der Waals surface area (Å²) < 4.78 is 15.5. The average Bonchev–Trinajstić information content (AvgIpc) is 3.33. The molecular formula is C22H22FN3O2S. The number of hydrogen-bond donors (Lipinski definition) is 1. The summed E-state index contributed by atoms with van der Waals surface area (Å²) >= 11 is 1.55. The highest BCUT2D eigenvalue weighted by Crippen LogP contribution is 2.26. The number of para-hydroxylation sites is 1. The van der Waals surface area contributed by atoms with E-state index in [2.05, 4.69) is 16.8 Å². The molecule has 1 aromatic heterocycles. The SMILES string of the molecule is CCn1cc(CC(=O)N2CSCC2C(=O)Nc2cccc(F)c2)c2ccccc21. The highest BCUT2D eigenvalue weighted by atomic mass is 32.2. The van der Waals surface area contributed by atoms with Crippen LogP contribution in [0.5, 0.6) is 0 Å². The van der Waals surface area contributed by atoms with Crippen LogP contribution in [-0.2, 0) is 22.6 Å². The summed E-state index contributed by atoms with van der Waals surface area (Å²) in [7, 11) is 0. The van der Waals surface area contributed by atoms with Gasteiger partial charge in [-0.3, -0.25) is 9.59 Å². The molecule has 1 saturated heterocycles. The molecule has 1 fully saturated rings. The first-order chi connectivity index (χ1) is 14.1. The van der Waals surface area contributed by atoms with Gasteiger partial charge in [-0.05, 0) is 36.8 Å². The molecule has 0 bridgehead atoms. The molecule has 4 rings (SSSR count). The van der Waals surface area contributed by atoms with E-state index in [0.29, 0.717) is 17.3 Å². The standard InChI is InChI=1S/C22H22FN3O2S/c1-2-25-12-15(18-8-3-4-9-19(18)25)10-21(27)26-14-29-13-20(26)22(28)24-17-7-5-6-16(23)11-17/h3-9,11-12,20H,2,10,13-14H2,1H3,(H,24,28). The first-order valence-electron chi connectivity index (χ1n) is 9.57. The summed E-state index contributed by atoms with van der Waals surface area (Å²) in [5.74, 6) is 0.234. The van der Waals surface area contributed by atoms with Crippen molar-refractivity contribution in [2.45, 2.75) is 25.9 Å². The zero-order valence-electron chi connectivity index (χ0n) is 16.1. The number of nitrogens with zero attached hydrogens (tertiary/aromatic N) is 2. The molecule has 29 heavy (non-hydrogen) atoms. The Kier molecular flexibility index (Phi) is 5.58. The van der Waals surface area contributed by atoms with Crippen LogP contribution in [0.2, 0.25) is 0 Å². The molecule has 0 aliphatic carbocycles. The smallest absolute Gasteiger partial charge is 0.248 e. The Morgan fingerprint density at radius 2 is 2.03 bits per heavy atom. The largest absolute Gasteiger partial charge is 0.347 e. The maximum absolute atomic E-state index is 13.4. The number of hydrogen-bond acceptors (Lipinski definition) is 3. The Morgan fingerprint density at radius 3 is 2.83 bits per heavy atom. The van der Waals surface area contributed by atoms with Crippen molar-refractivity contribution in [1.82, 2.24) is 9.47 Å². The van der Waals surface area contributed by atoms with Gasteiger partial charge in [-0.1, -0.05) is 24.3 Å². The van der Waals surface area contributed by atoms with E-state index < -0.39 is 11.9 Å². The molecule has 2 amide bonds. The first kappa shape index (κ1) is 19.5. The third kappa shape index (κ3) is 4.00. The molecule has 2 heterocycles. The molecular weight excluding hydrogens is 389 g/mol. The van der Waals surface area contributed by atoms with Gasteiger partial charge in [-0.15, -0.1) is 11.8 Å². The molecule has 0 saturated carbocycles. The fourth-order valence-electron chi connectivity index (χ4n) is 3.69. The quantitative estimate of drug-likeness (QED) is 0.693. The van der Waals surface area contributed by atoms with Gasteiger partial charge in [0, 0.05) is 35.1 Å². The van der Waals surface area contributed by atoms with Gasteiger partial charge in [0.05, 0.1) is 12.3 Å². The van der Waals surface area contributed by atoms with E-state index in [4.69, 9.17) is 0 Å². The van der Waals surface area contributed by atoms with E-state index in [1.54, 1.807) is 28.8 Å². The number of amides is 2. The van der Waals surface area contributed by atoms with E-state index in [-0.39, 0.29) is 18.2 Å². The second kappa shape index (κ2) is 8.29. The van der Waals surface area contributed by atoms with Crippen LogP contribution in [0.1, 0.15) is 12.5 Å². The zero-order chi connectivity index (χ0) is 20.4. The summed E-state index contributed by atoms with van der Waals surface area (Å²) in [4.78, 5) is 27.4. The molecule has 1 N–H and O–H groups in total. The topological polar surface area (TPSA) is 54.3 Å². The van der Waals surface area contributed by atoms with Crippen molar-refractivity contribution in [3.05, 3.63) is 66.1 Å². The lowest BCUT2D eigenvalue weighted by molar-refractivity contribution is -0.135. The van der Waals surface area contributed by atoms with E-state index in [1.807, 2.05) is 30.5 Å². The second-order valence-corrected chi connectivity index (χ2v) is 8.01. The molecule has 5 nitrogen and oxygen atoms in total. The van der Waals surface area contributed by atoms with Gasteiger partial charge in [0.15, 0.2) is 0 Å². The van der Waals surface area contributed by atoms with Gasteiger partial charge < -0.3 is 14.8 Å². The number of thioether (sulfide) groups is 1. The number of rotatable bonds is 5. The van der Waals surface area contributed by atoms with Crippen LogP contribution in [0.3, 0.4) is 0 Å². The van der Waals surface area contributed by atoms with Crippen LogP contribution in [0.25, 0.3) is 10.9 Å². The van der Waals surface area contributed by atoms with Crippen LogP contribution >= 0.6 is 11.8 Å². The van der Waals surface area contributed by atoms with Crippen LogP contribution in [-0.4, -0.2) is 39.0 Å². The number of halogens is 1. The number of fused-ring (bicyclic) bond motifs is 1. The van der Waals surface area contributed by atoms with Gasteiger partial charge in [0.25, 0.3) is 0 Å². The van der Waals surface area contributed by atoms with E-state index in [9.17, 15) is 14.0 Å². The van der Waals surface area contributed by atoms with Crippen LogP contribution in [0, 0.1) is 5.82 Å². The summed E-state index contributed by atoms with van der Waals surface area (Å²) in [5.41, 5.74) is 2.47. The van der Waals surface area contributed by atoms with Gasteiger partial charge in [0.1, 0.15) is 11.9 Å². The number of aryl methyl sites for hydroxylation is 1. The maximum atomic E-state index is 13.4. The number of benzene rings is 2. The normalized spacial score (nSPS) is 16.3. The first-order valence-corrected chi connectivity index (χ1v) is 10.7. The average molecular weight is 412 g/mol. The molecule has 3 aromatic rings. The van der Waals surface area contributed by atoms with Gasteiger partial charge in [-0.25, -0.2) is 4.39 Å². The zero-order valence-corrected chi connectivity index (χ0v) is 16.9. The van der Waals surface area contributed by atoms with E-state index in [1.165, 1.54) is 12.1 Å². The van der Waals surface area contributed by atoms with E-state index >= 15 is 0 Å². The van der Waals surface area contributed by atoms with Crippen LogP contribution in [0.4, 0.5) is 10.1 Å². The van der Waals surface area contributed by atoms with E-state index in [0.717, 1.165) is 23.0 Å². The molecule has 1 aliphatic rings. The number of carbonyl (C=O) groups excluding carboxylic acids is 2. The third-order valence-electron chi connectivity index (χ3n) is 5.15. The molecule has 1 aliphatic heterocycles. The molecule has 2 aromatic carbocycles. The van der Waals surface area contributed by atoms with Gasteiger partial charge in [0.2, 0.25) is 11.8 Å². The molecule has 0 spiro atoms. The lowest BCUT2D eigenvalue weighted by Crippen LogP contribution is -2.45. The van der Waals surface area contributed by atoms with Crippen molar-refractivity contribution in [3.8, 4) is 0 Å². The number of aromatic nitrogens is 1. The molecule has 7 heteroatoms. The lowest BCUT2D eigenvalue weighted by atomic mass is 10.1. The Hall–Kier alpha value is -2.80. The fourth-order valence-corrected chi connectivity index (χ4v) is 4.87. The van der Waals surface area contributed by atoms with Crippen LogP contribution < -0.4 is 5.32 Å². The molecule has 0 radical (unpaired) electrons. The molecule has 150 valence electrons. The highest BCUT2D eigenvalue weighted by molar-refractivity contribution is 7.99. The predicted molar refractivity (Wildman–Crippen MR) is 114 cm³/mol. The summed E-state index contributed by atoms with van der Waals surface area (Å²) in [6.45, 7) is 2.90. The second-order valence-electron chi connectivity index (χ2n) is 7.01. The van der Waals surface area contributed by atoms with Gasteiger partial charge in [-0.2, -0.15) is 0 Å². The minimum atomic E-state index is -0.560. The fraction of sp³-hybridized carbons (Fsp3) is 0.273. The Balaban J connectivity index is 1.50. The Bertz CT molecular complexity index is 1070. The minimum absolute atomic E-state index is 0.0756. The van der Waals surface area contributed by atoms with Crippen molar-refractivity contribution in [2.24, 2.45) is 0 Å². The van der Waals surface area contributed by atoms with Crippen molar-refractivity contribution in [2.75, 3.05) is 16.9 Å². The summed E-state index contributed by atoms with van der Waals surface area (Å²) in [6.07, 6.45) is 2.27. The maximum Gasteiger partial charge on any atom is 0.248 e. The monoisotopic (exact) mass is 411 g/mol. The molecule has 1 unspecified atom stereocenters. The molecule has 1 atom stereocenters. The lowest BCUT2D eigenvalue weighted by Gasteiger charge is -2.23.